The first-order valence-corrected chi connectivity index (χ1v) is 12.4. The van der Waals surface area contributed by atoms with Crippen LogP contribution >= 0.6 is 0 Å². The van der Waals surface area contributed by atoms with Crippen molar-refractivity contribution >= 4 is 21.6 Å². The first-order chi connectivity index (χ1) is 16.1. The van der Waals surface area contributed by atoms with Crippen LogP contribution in [0.5, 0.6) is 5.75 Å². The zero-order valence-electron chi connectivity index (χ0n) is 19.7. The van der Waals surface area contributed by atoms with E-state index in [1.807, 2.05) is 45.9 Å². The molecule has 0 aliphatic heterocycles. The van der Waals surface area contributed by atoms with Crippen molar-refractivity contribution in [3.8, 4) is 5.75 Å². The second kappa shape index (κ2) is 10.7. The fraction of sp³-hybridized carbons (Fsp3) is 0.269. The van der Waals surface area contributed by atoms with Crippen LogP contribution in [-0.4, -0.2) is 27.5 Å². The van der Waals surface area contributed by atoms with Gasteiger partial charge in [0.1, 0.15) is 18.1 Å². The van der Waals surface area contributed by atoms with Gasteiger partial charge in [0.25, 0.3) is 10.0 Å². The first kappa shape index (κ1) is 25.2. The molecule has 0 saturated carbocycles. The lowest BCUT2D eigenvalue weighted by atomic mass is 10.00. The fourth-order valence-corrected chi connectivity index (χ4v) is 5.07. The van der Waals surface area contributed by atoms with Crippen LogP contribution in [0.2, 0.25) is 0 Å². The number of nitrogens with one attached hydrogen (secondary N) is 1. The third-order valence-corrected chi connectivity index (χ3v) is 7.19. The van der Waals surface area contributed by atoms with E-state index in [2.05, 4.69) is 5.32 Å². The highest BCUT2D eigenvalue weighted by molar-refractivity contribution is 7.92. The minimum Gasteiger partial charge on any atom is -0.494 e. The highest BCUT2D eigenvalue weighted by atomic mass is 32.2. The van der Waals surface area contributed by atoms with Gasteiger partial charge in [0.05, 0.1) is 23.2 Å². The van der Waals surface area contributed by atoms with Gasteiger partial charge in [-0.15, -0.1) is 0 Å². The van der Waals surface area contributed by atoms with Gasteiger partial charge in [-0.2, -0.15) is 0 Å². The molecule has 0 heterocycles. The third-order valence-electron chi connectivity index (χ3n) is 5.40. The lowest BCUT2D eigenvalue weighted by Crippen LogP contribution is -2.41. The highest BCUT2D eigenvalue weighted by Crippen LogP contribution is 2.26. The van der Waals surface area contributed by atoms with Gasteiger partial charge < -0.3 is 10.1 Å². The first-order valence-electron chi connectivity index (χ1n) is 11.0. The molecule has 3 rings (SSSR count). The summed E-state index contributed by atoms with van der Waals surface area (Å²) in [7, 11) is -4.14. The van der Waals surface area contributed by atoms with E-state index in [-0.39, 0.29) is 10.9 Å². The summed E-state index contributed by atoms with van der Waals surface area (Å²) < 4.78 is 46.7. The van der Waals surface area contributed by atoms with E-state index in [1.54, 1.807) is 24.3 Å². The van der Waals surface area contributed by atoms with Gasteiger partial charge in [0, 0.05) is 0 Å². The molecule has 0 radical (unpaired) electrons. The Kier molecular flexibility index (Phi) is 7.94. The summed E-state index contributed by atoms with van der Waals surface area (Å²) in [5.74, 6) is -0.432. The topological polar surface area (TPSA) is 75.7 Å². The molecular formula is C26H29FN2O4S. The zero-order valence-corrected chi connectivity index (χ0v) is 20.5. The number of aryl methyl sites for hydroxylation is 2. The average molecular weight is 485 g/mol. The second-order valence-corrected chi connectivity index (χ2v) is 9.90. The van der Waals surface area contributed by atoms with Gasteiger partial charge in [-0.1, -0.05) is 23.8 Å². The summed E-state index contributed by atoms with van der Waals surface area (Å²) in [6.45, 7) is 7.66. The molecule has 0 fully saturated rings. The number of rotatable bonds is 9. The van der Waals surface area contributed by atoms with Crippen LogP contribution in [0.4, 0.5) is 10.1 Å². The maximum atomic E-state index is 13.4. The van der Waals surface area contributed by atoms with Crippen LogP contribution in [0, 0.1) is 19.7 Å². The molecular weight excluding hydrogens is 455 g/mol. The number of benzene rings is 3. The van der Waals surface area contributed by atoms with Crippen molar-refractivity contribution in [2.75, 3.05) is 17.5 Å². The number of carbonyl (C=O) groups is 1. The van der Waals surface area contributed by atoms with Crippen LogP contribution in [0.25, 0.3) is 0 Å². The van der Waals surface area contributed by atoms with Gasteiger partial charge in [-0.05, 0) is 87.4 Å². The van der Waals surface area contributed by atoms with Gasteiger partial charge >= 0.3 is 0 Å². The summed E-state index contributed by atoms with van der Waals surface area (Å²) >= 11 is 0. The van der Waals surface area contributed by atoms with Crippen LogP contribution in [-0.2, 0) is 14.8 Å². The van der Waals surface area contributed by atoms with Gasteiger partial charge in [0.2, 0.25) is 5.91 Å². The number of anilines is 1. The second-order valence-electron chi connectivity index (χ2n) is 8.04. The minimum absolute atomic E-state index is 0.113. The summed E-state index contributed by atoms with van der Waals surface area (Å²) in [6.07, 6.45) is 0. The van der Waals surface area contributed by atoms with Crippen LogP contribution in [0.1, 0.15) is 36.6 Å². The zero-order chi connectivity index (χ0) is 24.9. The van der Waals surface area contributed by atoms with Crippen molar-refractivity contribution in [2.24, 2.45) is 0 Å². The lowest BCUT2D eigenvalue weighted by Gasteiger charge is -2.25. The predicted octanol–water partition coefficient (Wildman–Crippen LogP) is 4.91. The number of hydrogen-bond acceptors (Lipinski definition) is 4. The minimum atomic E-state index is -4.14. The molecule has 3 aromatic rings. The third kappa shape index (κ3) is 5.94. The number of sulfonamides is 1. The Bertz CT molecular complexity index is 1240. The molecule has 1 N–H and O–H groups in total. The van der Waals surface area contributed by atoms with Crippen LogP contribution in [0.3, 0.4) is 0 Å². The smallest absolute Gasteiger partial charge is 0.264 e. The number of ether oxygens (including phenoxy) is 1. The molecule has 0 aliphatic rings. The van der Waals surface area contributed by atoms with E-state index in [0.717, 1.165) is 33.1 Å². The molecule has 6 nitrogen and oxygen atoms in total. The van der Waals surface area contributed by atoms with E-state index >= 15 is 0 Å². The maximum Gasteiger partial charge on any atom is 0.264 e. The van der Waals surface area contributed by atoms with Gasteiger partial charge in [0.15, 0.2) is 0 Å². The number of carbonyl (C=O) groups excluding carboxylic acids is 1. The average Bonchev–Trinajstić information content (AvgIpc) is 2.80. The standard InChI is InChI=1S/C26H29FN2O4S/c1-5-33-23-12-10-22(11-13-23)29(34(31,32)24-14-8-21(27)9-15-24)17-26(30)28-20(4)25-16-18(2)6-7-19(25)3/h6-16,20H,5,17H2,1-4H3,(H,28,30). The van der Waals surface area contributed by atoms with Crippen molar-refractivity contribution in [3.05, 3.63) is 89.2 Å². The van der Waals surface area contributed by atoms with Gasteiger partial charge in [-0.25, -0.2) is 12.8 Å². The monoisotopic (exact) mass is 484 g/mol. The van der Waals surface area contributed by atoms with E-state index in [0.29, 0.717) is 18.0 Å². The Morgan fingerprint density at radius 3 is 2.29 bits per heavy atom. The predicted molar refractivity (Wildman–Crippen MR) is 131 cm³/mol. The number of amides is 1. The molecule has 0 spiro atoms. The number of nitrogens with zero attached hydrogens (tertiary/aromatic N) is 1. The molecule has 8 heteroatoms. The Hall–Kier alpha value is -3.39. The highest BCUT2D eigenvalue weighted by Gasteiger charge is 2.28. The summed E-state index contributed by atoms with van der Waals surface area (Å²) in [4.78, 5) is 12.9. The maximum absolute atomic E-state index is 13.4. The number of halogens is 1. The molecule has 180 valence electrons. The van der Waals surface area contributed by atoms with Crippen LogP contribution in [0.15, 0.2) is 71.6 Å². The SMILES string of the molecule is CCOc1ccc(N(CC(=O)NC(C)c2cc(C)ccc2C)S(=O)(=O)c2ccc(F)cc2)cc1. The molecule has 0 saturated heterocycles. The fourth-order valence-electron chi connectivity index (χ4n) is 3.65. The largest absolute Gasteiger partial charge is 0.494 e. The Balaban J connectivity index is 1.91. The lowest BCUT2D eigenvalue weighted by molar-refractivity contribution is -0.120. The molecule has 1 amide bonds. The molecule has 34 heavy (non-hydrogen) atoms. The van der Waals surface area contributed by atoms with Crippen molar-refractivity contribution in [1.82, 2.24) is 5.32 Å². The molecule has 0 aromatic heterocycles. The van der Waals surface area contributed by atoms with Crippen molar-refractivity contribution < 1.29 is 22.3 Å². The molecule has 1 atom stereocenters. The molecule has 1 unspecified atom stereocenters. The Morgan fingerprint density at radius 2 is 1.68 bits per heavy atom. The van der Waals surface area contributed by atoms with E-state index in [9.17, 15) is 17.6 Å². The van der Waals surface area contributed by atoms with E-state index < -0.39 is 28.3 Å². The van der Waals surface area contributed by atoms with Crippen molar-refractivity contribution in [3.63, 3.8) is 0 Å². The number of hydrogen-bond donors (Lipinski definition) is 1. The quantitative estimate of drug-likeness (QED) is 0.468. The Labute approximate surface area is 200 Å². The summed E-state index contributed by atoms with van der Waals surface area (Å²) in [5, 5.41) is 2.90. The van der Waals surface area contributed by atoms with Crippen LogP contribution < -0.4 is 14.4 Å². The molecule has 3 aromatic carbocycles. The van der Waals surface area contributed by atoms with E-state index in [4.69, 9.17) is 4.74 Å². The Morgan fingerprint density at radius 1 is 1.03 bits per heavy atom. The van der Waals surface area contributed by atoms with Gasteiger partial charge in [-0.3, -0.25) is 9.10 Å². The van der Waals surface area contributed by atoms with Crippen molar-refractivity contribution in [2.45, 2.75) is 38.6 Å². The van der Waals surface area contributed by atoms with E-state index in [1.165, 1.54) is 12.1 Å². The molecule has 0 bridgehead atoms. The summed E-state index contributed by atoms with van der Waals surface area (Å²) in [5.41, 5.74) is 3.35. The normalized spacial score (nSPS) is 12.1. The summed E-state index contributed by atoms with van der Waals surface area (Å²) in [6, 6.07) is 16.6. The molecule has 0 aliphatic carbocycles. The van der Waals surface area contributed by atoms with Crippen molar-refractivity contribution in [1.29, 1.82) is 0 Å².